The maximum absolute atomic E-state index is 14.3. The van der Waals surface area contributed by atoms with Crippen molar-refractivity contribution < 1.29 is 81.1 Å². The van der Waals surface area contributed by atoms with Gasteiger partial charge in [-0.1, -0.05) is 85.5 Å². The second-order valence-corrected chi connectivity index (χ2v) is 31.8. The van der Waals surface area contributed by atoms with E-state index in [1.807, 2.05) is 0 Å². The van der Waals surface area contributed by atoms with Crippen molar-refractivity contribution in [1.29, 1.82) is 0 Å². The molecule has 11 fully saturated rings. The van der Waals surface area contributed by atoms with Crippen molar-refractivity contribution in [2.75, 3.05) is 67.6 Å². The Morgan fingerprint density at radius 2 is 0.734 bits per heavy atom. The van der Waals surface area contributed by atoms with Crippen LogP contribution in [0.15, 0.2) is 0 Å². The smallest absolute Gasteiger partial charge is 0.312 e. The number of quaternary nitrogens is 2. The van der Waals surface area contributed by atoms with Crippen LogP contribution >= 0.6 is 0 Å². The van der Waals surface area contributed by atoms with Gasteiger partial charge in [-0.15, -0.1) is 0 Å². The average Bonchev–Trinajstić information content (AvgIpc) is 2.83. The number of rotatable bonds is 0. The molecule has 11 rings (SSSR count). The van der Waals surface area contributed by atoms with E-state index in [2.05, 4.69) is 69.7 Å². The summed E-state index contributed by atoms with van der Waals surface area (Å²) in [6.45, 7) is 19.2. The summed E-state index contributed by atoms with van der Waals surface area (Å²) in [5.74, 6) is 1.78. The van der Waals surface area contributed by atoms with Gasteiger partial charge in [-0.3, -0.25) is 19.2 Å². The molecule has 79 heavy (non-hydrogen) atoms. The van der Waals surface area contributed by atoms with Gasteiger partial charge in [0.05, 0.1) is 52.1 Å². The second kappa shape index (κ2) is 25.4. The zero-order valence-corrected chi connectivity index (χ0v) is 55.1. The Hall–Kier alpha value is -1.24. The largest absolute Gasteiger partial charge is 1.00 e. The van der Waals surface area contributed by atoms with Gasteiger partial charge in [-0.05, 0) is 200 Å². The van der Waals surface area contributed by atoms with Gasteiger partial charge in [0.25, 0.3) is 0 Å². The molecule has 3 saturated heterocycles. The summed E-state index contributed by atoms with van der Waals surface area (Å²) in [7, 11) is 9.20. The third-order valence-electron chi connectivity index (χ3n) is 25.5. The van der Waals surface area contributed by atoms with Crippen molar-refractivity contribution in [3.8, 4) is 0 Å². The number of fused-ring (bicyclic) bond motifs is 2. The van der Waals surface area contributed by atoms with Crippen LogP contribution in [0, 0.1) is 67.0 Å². The van der Waals surface area contributed by atoms with Gasteiger partial charge in [-0.25, -0.2) is 0 Å². The van der Waals surface area contributed by atoms with Gasteiger partial charge in [-0.2, -0.15) is 0 Å². The number of nitrogens with zero attached hydrogens (tertiary/aromatic N) is 2. The summed E-state index contributed by atoms with van der Waals surface area (Å²) in [4.78, 5) is 55.8. The number of carbonyl (C=O) groups excluding carboxylic acids is 4. The van der Waals surface area contributed by atoms with Crippen LogP contribution in [-0.4, -0.2) is 113 Å². The number of hydrogen-bond acceptors (Lipinski definition) is 8. The van der Waals surface area contributed by atoms with Crippen LogP contribution in [0.1, 0.15) is 253 Å². The highest BCUT2D eigenvalue weighted by Crippen LogP contribution is 2.76. The first-order valence-electron chi connectivity index (χ1n) is 32.7. The first-order valence-corrected chi connectivity index (χ1v) is 32.7. The SMILES string of the molecule is C[C@@]12CC[C@@H]3[C@]4(CC[C@H]5[C@@]3(C)CCC[C@@]5(C)C(=O)OCC[N+](C)(C)CCCCCCCCC[N+](C)(C)CCOC(=O)[C@]3(C)CCC[C@@]5(C)[C@@H]6CC[C@@]7(C)C[C@]6(CC[C@@H]53)C[C@H]7OC(=O)CCCCCCCCC(=O)O[C@@H]1C4)C2.[Br-].[Br-]. The minimum atomic E-state index is -0.453. The number of carbonyl (C=O) groups is 4. The lowest BCUT2D eigenvalue weighted by Crippen LogP contribution is -3.00. The molecule has 2 spiro atoms. The summed E-state index contributed by atoms with van der Waals surface area (Å²) in [6.07, 6.45) is 35.0. The molecule has 10 nitrogen and oxygen atoms in total. The highest BCUT2D eigenvalue weighted by atomic mass is 79.9. The van der Waals surface area contributed by atoms with Crippen molar-refractivity contribution in [1.82, 2.24) is 0 Å². The molecule has 3 aliphatic heterocycles. The maximum atomic E-state index is 14.3. The molecule has 14 atom stereocenters. The summed E-state index contributed by atoms with van der Waals surface area (Å²) < 4.78 is 27.4. The molecular weight excluding hydrogens is 1120 g/mol. The predicted octanol–water partition coefficient (Wildman–Crippen LogP) is 8.53. The average molecular weight is 1240 g/mol. The topological polar surface area (TPSA) is 105 Å². The molecule has 0 aromatic heterocycles. The fourth-order valence-corrected chi connectivity index (χ4v) is 21.2. The zero-order chi connectivity index (χ0) is 55.2. The van der Waals surface area contributed by atoms with Crippen molar-refractivity contribution >= 4 is 23.9 Å². The lowest BCUT2D eigenvalue weighted by molar-refractivity contribution is -0.890. The van der Waals surface area contributed by atoms with Crippen LogP contribution in [0.3, 0.4) is 0 Å². The molecule has 0 amide bonds. The lowest BCUT2D eigenvalue weighted by atomic mass is 9.40. The standard InChI is InChI=1S/C67H114N2O8.2BrH/c1-60-36-28-52-62(3)32-24-34-64(5)50(62)30-38-66(52,48-60)46-54(60)76-56(70)26-20-16-12-13-17-21-27-57(71)77-55-47-67-39-31-51-63(4,53(67)29-37-61(55,2)49-67)33-25-35-65(51,6)59(73)75-45-43-69(9,10)41-23-19-15-11-14-18-22-40-68(7,8)42-44-74-58(64)72;;/h50-55H,11-49H2,1-10H3;2*1H/q+2;;/p-2/t50-,51-,52-,53-,54+,55+,60-,61-,62+,63+,64+,65+,66-,67-;;/m0../s1. The van der Waals surface area contributed by atoms with E-state index in [4.69, 9.17) is 18.9 Å². The number of hydrogen-bond donors (Lipinski definition) is 0. The monoisotopic (exact) mass is 1230 g/mol. The van der Waals surface area contributed by atoms with Gasteiger partial charge in [0.1, 0.15) is 38.5 Å². The van der Waals surface area contributed by atoms with E-state index in [0.717, 1.165) is 164 Å². The van der Waals surface area contributed by atoms with E-state index in [9.17, 15) is 19.2 Å². The Morgan fingerprint density at radius 1 is 0.392 bits per heavy atom. The maximum Gasteiger partial charge on any atom is 0.312 e. The highest BCUT2D eigenvalue weighted by Gasteiger charge is 2.71. The zero-order valence-electron chi connectivity index (χ0n) is 52.0. The van der Waals surface area contributed by atoms with Gasteiger partial charge in [0.15, 0.2) is 0 Å². The first kappa shape index (κ1) is 65.3. The van der Waals surface area contributed by atoms with Gasteiger partial charge in [0.2, 0.25) is 0 Å². The predicted molar refractivity (Wildman–Crippen MR) is 305 cm³/mol. The van der Waals surface area contributed by atoms with Gasteiger partial charge >= 0.3 is 23.9 Å². The van der Waals surface area contributed by atoms with Crippen molar-refractivity contribution in [2.45, 2.75) is 266 Å². The molecule has 0 radical (unpaired) electrons. The molecule has 8 aliphatic carbocycles. The van der Waals surface area contributed by atoms with E-state index in [1.54, 1.807) is 0 Å². The van der Waals surface area contributed by atoms with E-state index < -0.39 is 10.8 Å². The molecule has 0 unspecified atom stereocenters. The fourth-order valence-electron chi connectivity index (χ4n) is 21.2. The summed E-state index contributed by atoms with van der Waals surface area (Å²) in [5, 5.41) is 0. The number of likely N-dealkylation sites (N-methyl/N-ethyl adjacent to an activating group) is 2. The minimum absolute atomic E-state index is 0. The van der Waals surface area contributed by atoms with Crippen molar-refractivity contribution in [2.24, 2.45) is 67.0 Å². The molecule has 3 heterocycles. The molecule has 12 heteroatoms. The Balaban J connectivity index is 0.00000452. The molecular formula is C67H114Br2N2O8. The second-order valence-electron chi connectivity index (χ2n) is 31.8. The number of esters is 4. The van der Waals surface area contributed by atoms with Crippen LogP contribution in [0.25, 0.3) is 0 Å². The third kappa shape index (κ3) is 13.3. The highest BCUT2D eigenvalue weighted by molar-refractivity contribution is 5.78. The molecule has 11 aliphatic rings. The van der Waals surface area contributed by atoms with E-state index >= 15 is 0 Å². The van der Waals surface area contributed by atoms with Crippen LogP contribution in [0.4, 0.5) is 0 Å². The summed E-state index contributed by atoms with van der Waals surface area (Å²) in [6, 6.07) is 0. The lowest BCUT2D eigenvalue weighted by Gasteiger charge is -2.64. The molecule has 8 saturated carbocycles. The summed E-state index contributed by atoms with van der Waals surface area (Å²) in [5.41, 5.74) is -0.288. The van der Waals surface area contributed by atoms with E-state index in [1.165, 1.54) is 70.6 Å². The number of ether oxygens (including phenoxy) is 4. The van der Waals surface area contributed by atoms with Gasteiger partial charge in [0, 0.05) is 23.7 Å². The molecule has 12 bridgehead atoms. The number of halogens is 2. The normalized spacial score (nSPS) is 45.0. The Labute approximate surface area is 502 Å². The third-order valence-corrected chi connectivity index (χ3v) is 25.5. The fraction of sp³-hybridized carbons (Fsp3) is 0.940. The van der Waals surface area contributed by atoms with Crippen molar-refractivity contribution in [3.05, 3.63) is 0 Å². The first-order chi connectivity index (χ1) is 36.4. The summed E-state index contributed by atoms with van der Waals surface area (Å²) >= 11 is 0. The van der Waals surface area contributed by atoms with Crippen molar-refractivity contribution in [3.63, 3.8) is 0 Å². The Bertz CT molecular complexity index is 1980. The van der Waals surface area contributed by atoms with Crippen LogP contribution < -0.4 is 34.0 Å². The Morgan fingerprint density at radius 3 is 1.11 bits per heavy atom. The molecule has 0 N–H and O–H groups in total. The quantitative estimate of drug-likeness (QED) is 0.135. The van der Waals surface area contributed by atoms with Crippen LogP contribution in [0.2, 0.25) is 0 Å². The van der Waals surface area contributed by atoms with E-state index in [0.29, 0.717) is 49.7 Å². The van der Waals surface area contributed by atoms with E-state index in [-0.39, 0.29) is 103 Å². The molecule has 0 aromatic carbocycles. The molecule has 0 aromatic rings. The molecule has 454 valence electrons. The Kier molecular flexibility index (Phi) is 21.0. The van der Waals surface area contributed by atoms with Crippen LogP contribution in [-0.2, 0) is 38.1 Å². The van der Waals surface area contributed by atoms with Gasteiger partial charge < -0.3 is 61.9 Å². The minimum Gasteiger partial charge on any atom is -1.00 e. The van der Waals surface area contributed by atoms with Crippen LogP contribution in [0.5, 0.6) is 0 Å².